The van der Waals surface area contributed by atoms with Gasteiger partial charge in [0, 0.05) is 15.6 Å². The number of hydrogen-bond donors (Lipinski definition) is 0. The lowest BCUT2D eigenvalue weighted by Crippen LogP contribution is -2.28. The number of hydrogen-bond acceptors (Lipinski definition) is 4. The Labute approximate surface area is 247 Å². The maximum absolute atomic E-state index is 14.2. The lowest BCUT2D eigenvalue weighted by Gasteiger charge is -2.16. The van der Waals surface area contributed by atoms with Gasteiger partial charge in [-0.3, -0.25) is 14.7 Å². The summed E-state index contributed by atoms with van der Waals surface area (Å²) in [6, 6.07) is 30.1. The quantitative estimate of drug-likeness (QED) is 0.177. The Kier molecular flexibility index (Phi) is 8.96. The number of aliphatic imine (C=N–C) groups is 1. The molecule has 8 heteroatoms. The molecule has 4 aromatic carbocycles. The van der Waals surface area contributed by atoms with Crippen molar-refractivity contribution in [3.63, 3.8) is 0 Å². The molecular formula is C31H23Br2FN2O2S. The fourth-order valence-electron chi connectivity index (χ4n) is 4.02. The fourth-order valence-corrected chi connectivity index (χ4v) is 6.36. The van der Waals surface area contributed by atoms with E-state index in [1.165, 1.54) is 17.8 Å². The maximum atomic E-state index is 14.2. The number of rotatable bonds is 8. The third-order valence-electron chi connectivity index (χ3n) is 5.96. The molecule has 1 aliphatic heterocycles. The van der Waals surface area contributed by atoms with Gasteiger partial charge in [-0.25, -0.2) is 4.39 Å². The van der Waals surface area contributed by atoms with Crippen LogP contribution < -0.4 is 4.74 Å². The number of amidine groups is 1. The van der Waals surface area contributed by atoms with E-state index in [-0.39, 0.29) is 18.3 Å². The Balaban J connectivity index is 1.47. The van der Waals surface area contributed by atoms with Crippen molar-refractivity contribution in [1.82, 2.24) is 4.90 Å². The van der Waals surface area contributed by atoms with E-state index in [0.717, 1.165) is 15.6 Å². The molecule has 0 radical (unpaired) electrons. The van der Waals surface area contributed by atoms with Gasteiger partial charge in [-0.15, -0.1) is 0 Å². The molecule has 4 nitrogen and oxygen atoms in total. The molecule has 0 aliphatic carbocycles. The second kappa shape index (κ2) is 12.8. The van der Waals surface area contributed by atoms with Crippen LogP contribution in [0.5, 0.6) is 5.75 Å². The van der Waals surface area contributed by atoms with Crippen molar-refractivity contribution in [2.75, 3.05) is 0 Å². The Morgan fingerprint density at radius 1 is 0.897 bits per heavy atom. The molecule has 0 N–H and O–H groups in total. The summed E-state index contributed by atoms with van der Waals surface area (Å²) >= 11 is 8.45. The summed E-state index contributed by atoms with van der Waals surface area (Å²) in [6.45, 7) is 0.930. The van der Waals surface area contributed by atoms with E-state index in [4.69, 9.17) is 9.73 Å². The number of amides is 1. The molecule has 0 aromatic heterocycles. The van der Waals surface area contributed by atoms with Gasteiger partial charge in [0.2, 0.25) is 0 Å². The molecule has 196 valence electrons. The van der Waals surface area contributed by atoms with E-state index >= 15 is 0 Å². The van der Waals surface area contributed by atoms with Crippen molar-refractivity contribution in [3.05, 3.63) is 139 Å². The topological polar surface area (TPSA) is 41.9 Å². The highest BCUT2D eigenvalue weighted by Crippen LogP contribution is 2.39. The third-order valence-corrected chi connectivity index (χ3v) is 8.06. The number of nitrogens with zero attached hydrogens (tertiary/aromatic N) is 2. The second-order valence-corrected chi connectivity index (χ2v) is 11.5. The number of halogens is 3. The number of thioether (sulfide) groups is 1. The van der Waals surface area contributed by atoms with Crippen molar-refractivity contribution in [2.45, 2.75) is 19.7 Å². The van der Waals surface area contributed by atoms with Crippen LogP contribution in [-0.2, 0) is 24.5 Å². The molecule has 0 atom stereocenters. The van der Waals surface area contributed by atoms with Crippen LogP contribution in [0.1, 0.15) is 22.3 Å². The minimum absolute atomic E-state index is 0.0497. The van der Waals surface area contributed by atoms with E-state index in [0.29, 0.717) is 44.5 Å². The molecule has 1 fully saturated rings. The first-order valence-electron chi connectivity index (χ1n) is 12.2. The van der Waals surface area contributed by atoms with Gasteiger partial charge >= 0.3 is 0 Å². The molecule has 0 unspecified atom stereocenters. The summed E-state index contributed by atoms with van der Waals surface area (Å²) in [5.74, 6) is 0.0569. The number of ether oxygens (including phenoxy) is 1. The van der Waals surface area contributed by atoms with Crippen LogP contribution in [0, 0.1) is 5.82 Å². The summed E-state index contributed by atoms with van der Waals surface area (Å²) in [7, 11) is 0. The van der Waals surface area contributed by atoms with Crippen molar-refractivity contribution in [3.8, 4) is 5.75 Å². The average Bonchev–Trinajstić information content (AvgIpc) is 3.22. The molecule has 1 heterocycles. The van der Waals surface area contributed by atoms with Crippen LogP contribution in [-0.4, -0.2) is 16.0 Å². The largest absolute Gasteiger partial charge is 0.487 e. The van der Waals surface area contributed by atoms with Gasteiger partial charge in [0.25, 0.3) is 5.91 Å². The first-order valence-corrected chi connectivity index (χ1v) is 14.6. The van der Waals surface area contributed by atoms with Crippen LogP contribution in [0.25, 0.3) is 6.08 Å². The standard InChI is InChI=1S/C31H23Br2FN2O2S/c32-25-15-24(29(26(33)17-25)38-20-23-13-7-8-14-27(23)34)16-28-30(37)36(19-22-11-5-2-6-12-22)31(39-28)35-18-21-9-3-1-4-10-21/h1-17H,18-20H2/b28-16+,35-31?. The minimum atomic E-state index is -0.331. The zero-order valence-corrected chi connectivity index (χ0v) is 24.7. The van der Waals surface area contributed by atoms with Crippen LogP contribution in [0.15, 0.2) is 116 Å². The SMILES string of the molecule is O=C1/C(=C\c2cc(Br)cc(Br)c2OCc2ccccc2F)SC(=NCc2ccccc2)N1Cc1ccccc1. The van der Waals surface area contributed by atoms with E-state index in [2.05, 4.69) is 31.9 Å². The molecule has 1 saturated heterocycles. The van der Waals surface area contributed by atoms with Crippen molar-refractivity contribution in [1.29, 1.82) is 0 Å². The van der Waals surface area contributed by atoms with Gasteiger partial charge in [0.1, 0.15) is 18.2 Å². The Morgan fingerprint density at radius 2 is 1.56 bits per heavy atom. The van der Waals surface area contributed by atoms with E-state index in [1.54, 1.807) is 23.1 Å². The van der Waals surface area contributed by atoms with Gasteiger partial charge in [-0.05, 0) is 63.1 Å². The Bertz CT molecular complexity index is 1550. The highest BCUT2D eigenvalue weighted by atomic mass is 79.9. The van der Waals surface area contributed by atoms with E-state index in [1.807, 2.05) is 78.9 Å². The average molecular weight is 666 g/mol. The molecule has 0 saturated carbocycles. The van der Waals surface area contributed by atoms with Crippen molar-refractivity contribution >= 4 is 60.8 Å². The first-order chi connectivity index (χ1) is 19.0. The highest BCUT2D eigenvalue weighted by molar-refractivity contribution is 9.11. The zero-order valence-electron chi connectivity index (χ0n) is 20.7. The molecule has 0 spiro atoms. The maximum Gasteiger partial charge on any atom is 0.267 e. The van der Waals surface area contributed by atoms with Crippen LogP contribution in [0.2, 0.25) is 0 Å². The van der Waals surface area contributed by atoms with Crippen LogP contribution in [0.3, 0.4) is 0 Å². The number of carbonyl (C=O) groups is 1. The summed E-state index contributed by atoms with van der Waals surface area (Å²) in [6.07, 6.45) is 1.81. The van der Waals surface area contributed by atoms with Gasteiger partial charge in [0.05, 0.1) is 22.5 Å². The van der Waals surface area contributed by atoms with Gasteiger partial charge in [-0.1, -0.05) is 94.8 Å². The smallest absolute Gasteiger partial charge is 0.267 e. The summed E-state index contributed by atoms with van der Waals surface area (Å²) in [5.41, 5.74) is 3.21. The summed E-state index contributed by atoms with van der Waals surface area (Å²) < 4.78 is 21.8. The van der Waals surface area contributed by atoms with Gasteiger partial charge in [-0.2, -0.15) is 0 Å². The summed E-state index contributed by atoms with van der Waals surface area (Å²) in [4.78, 5) is 20.7. The van der Waals surface area contributed by atoms with Crippen molar-refractivity contribution in [2.24, 2.45) is 4.99 Å². The molecule has 4 aromatic rings. The lowest BCUT2D eigenvalue weighted by atomic mass is 10.1. The lowest BCUT2D eigenvalue weighted by molar-refractivity contribution is -0.122. The predicted octanol–water partition coefficient (Wildman–Crippen LogP) is 8.60. The molecule has 1 amide bonds. The van der Waals surface area contributed by atoms with Gasteiger partial charge in [0.15, 0.2) is 5.17 Å². The van der Waals surface area contributed by atoms with E-state index in [9.17, 15) is 9.18 Å². The molecule has 1 aliphatic rings. The minimum Gasteiger partial charge on any atom is -0.487 e. The summed E-state index contributed by atoms with van der Waals surface area (Å²) in [5, 5.41) is 0.641. The Hall–Kier alpha value is -3.20. The normalized spacial score (nSPS) is 15.4. The van der Waals surface area contributed by atoms with Crippen molar-refractivity contribution < 1.29 is 13.9 Å². The third kappa shape index (κ3) is 6.87. The zero-order chi connectivity index (χ0) is 27.2. The number of carbonyl (C=O) groups excluding carboxylic acids is 1. The fraction of sp³-hybridized carbons (Fsp3) is 0.0968. The Morgan fingerprint density at radius 3 is 2.28 bits per heavy atom. The monoisotopic (exact) mass is 664 g/mol. The number of benzene rings is 4. The van der Waals surface area contributed by atoms with Gasteiger partial charge < -0.3 is 4.74 Å². The second-order valence-electron chi connectivity index (χ2n) is 8.76. The molecule has 5 rings (SSSR count). The highest BCUT2D eigenvalue weighted by Gasteiger charge is 2.33. The van der Waals surface area contributed by atoms with Crippen LogP contribution in [0.4, 0.5) is 4.39 Å². The van der Waals surface area contributed by atoms with Crippen LogP contribution >= 0.6 is 43.6 Å². The molecular weight excluding hydrogens is 643 g/mol. The predicted molar refractivity (Wildman–Crippen MR) is 163 cm³/mol. The molecule has 39 heavy (non-hydrogen) atoms. The first kappa shape index (κ1) is 27.4. The van der Waals surface area contributed by atoms with E-state index < -0.39 is 0 Å². The molecule has 0 bridgehead atoms.